The van der Waals surface area contributed by atoms with Crippen molar-refractivity contribution >= 4 is 0 Å². The molecule has 0 amide bonds. The van der Waals surface area contributed by atoms with Gasteiger partial charge in [-0.05, 0) is 12.6 Å². The molecule has 64 valence electrons. The van der Waals surface area contributed by atoms with Gasteiger partial charge in [0.25, 0.3) is 0 Å². The maximum atomic E-state index is 3.70. The van der Waals surface area contributed by atoms with Gasteiger partial charge in [0.2, 0.25) is 0 Å². The molecule has 0 N–H and O–H groups in total. The van der Waals surface area contributed by atoms with E-state index in [1.807, 2.05) is 12.1 Å². The van der Waals surface area contributed by atoms with Gasteiger partial charge in [0.05, 0.1) is 0 Å². The van der Waals surface area contributed by atoms with Crippen LogP contribution in [0.4, 0.5) is 0 Å². The van der Waals surface area contributed by atoms with Crippen LogP contribution >= 0.6 is 0 Å². The smallest absolute Gasteiger partial charge is 0.0233 e. The zero-order valence-corrected chi connectivity index (χ0v) is 7.53. The highest BCUT2D eigenvalue weighted by atomic mass is 15.1. The van der Waals surface area contributed by atoms with Crippen molar-refractivity contribution in [2.45, 2.75) is 6.54 Å². The van der Waals surface area contributed by atoms with Gasteiger partial charge in [-0.1, -0.05) is 36.4 Å². The SMILES string of the molecule is C=CCN(C)Cc1ccccc1. The molecule has 0 aliphatic rings. The van der Waals surface area contributed by atoms with E-state index in [2.05, 4.69) is 42.8 Å². The number of hydrogen-bond acceptors (Lipinski definition) is 1. The molecule has 0 aromatic heterocycles. The lowest BCUT2D eigenvalue weighted by Gasteiger charge is -2.13. The van der Waals surface area contributed by atoms with Crippen LogP contribution < -0.4 is 0 Å². The van der Waals surface area contributed by atoms with E-state index in [1.54, 1.807) is 0 Å². The van der Waals surface area contributed by atoms with Gasteiger partial charge >= 0.3 is 0 Å². The van der Waals surface area contributed by atoms with Crippen molar-refractivity contribution in [2.24, 2.45) is 0 Å². The van der Waals surface area contributed by atoms with Crippen LogP contribution in [0.15, 0.2) is 43.0 Å². The van der Waals surface area contributed by atoms with Crippen LogP contribution in [0, 0.1) is 0 Å². The minimum Gasteiger partial charge on any atom is -0.298 e. The maximum Gasteiger partial charge on any atom is 0.0233 e. The normalized spacial score (nSPS) is 10.2. The molecule has 12 heavy (non-hydrogen) atoms. The van der Waals surface area contributed by atoms with Crippen molar-refractivity contribution in [2.75, 3.05) is 13.6 Å². The molecule has 0 spiro atoms. The molecule has 0 aliphatic heterocycles. The van der Waals surface area contributed by atoms with E-state index >= 15 is 0 Å². The lowest BCUT2D eigenvalue weighted by molar-refractivity contribution is 0.363. The summed E-state index contributed by atoms with van der Waals surface area (Å²) in [5.74, 6) is 0. The molecule has 0 aliphatic carbocycles. The molecule has 0 heterocycles. The van der Waals surface area contributed by atoms with Gasteiger partial charge in [0.1, 0.15) is 0 Å². The van der Waals surface area contributed by atoms with Gasteiger partial charge < -0.3 is 0 Å². The Labute approximate surface area is 74.3 Å². The van der Waals surface area contributed by atoms with Crippen LogP contribution in [0.3, 0.4) is 0 Å². The van der Waals surface area contributed by atoms with E-state index in [9.17, 15) is 0 Å². The predicted octanol–water partition coefficient (Wildman–Crippen LogP) is 2.30. The Hall–Kier alpha value is -1.08. The molecule has 0 bridgehead atoms. The maximum absolute atomic E-state index is 3.70. The van der Waals surface area contributed by atoms with Gasteiger partial charge in [-0.3, -0.25) is 4.90 Å². The van der Waals surface area contributed by atoms with Crippen LogP contribution in [0.5, 0.6) is 0 Å². The van der Waals surface area contributed by atoms with Gasteiger partial charge in [-0.25, -0.2) is 0 Å². The number of likely N-dealkylation sites (N-methyl/N-ethyl adjacent to an activating group) is 1. The second-order valence-electron chi connectivity index (χ2n) is 2.97. The third-order valence-corrected chi connectivity index (χ3v) is 1.74. The molecule has 0 saturated heterocycles. The summed E-state index contributed by atoms with van der Waals surface area (Å²) in [6, 6.07) is 10.4. The first kappa shape index (κ1) is 9.01. The largest absolute Gasteiger partial charge is 0.298 e. The Morgan fingerprint density at radius 3 is 2.58 bits per heavy atom. The first-order valence-electron chi connectivity index (χ1n) is 4.16. The van der Waals surface area contributed by atoms with E-state index in [4.69, 9.17) is 0 Å². The van der Waals surface area contributed by atoms with Crippen molar-refractivity contribution in [3.8, 4) is 0 Å². The zero-order valence-electron chi connectivity index (χ0n) is 7.53. The van der Waals surface area contributed by atoms with Crippen LogP contribution in [0.1, 0.15) is 5.56 Å². The van der Waals surface area contributed by atoms with Crippen LogP contribution in [0.25, 0.3) is 0 Å². The third kappa shape index (κ3) is 2.89. The van der Waals surface area contributed by atoms with E-state index in [-0.39, 0.29) is 0 Å². The van der Waals surface area contributed by atoms with E-state index in [1.165, 1.54) is 5.56 Å². The highest BCUT2D eigenvalue weighted by Gasteiger charge is 1.95. The van der Waals surface area contributed by atoms with Crippen molar-refractivity contribution in [1.29, 1.82) is 0 Å². The Bertz CT molecular complexity index is 228. The first-order valence-corrected chi connectivity index (χ1v) is 4.16. The fraction of sp³-hybridized carbons (Fsp3) is 0.273. The highest BCUT2D eigenvalue weighted by molar-refractivity contribution is 5.14. The van der Waals surface area contributed by atoms with E-state index < -0.39 is 0 Å². The number of hydrogen-bond donors (Lipinski definition) is 0. The summed E-state index contributed by atoms with van der Waals surface area (Å²) in [7, 11) is 2.09. The lowest BCUT2D eigenvalue weighted by Crippen LogP contribution is -2.17. The topological polar surface area (TPSA) is 3.24 Å². The summed E-state index contributed by atoms with van der Waals surface area (Å²) in [5.41, 5.74) is 1.35. The fourth-order valence-electron chi connectivity index (χ4n) is 1.18. The van der Waals surface area contributed by atoms with Crippen LogP contribution in [-0.2, 0) is 6.54 Å². The van der Waals surface area contributed by atoms with Gasteiger partial charge in [-0.2, -0.15) is 0 Å². The lowest BCUT2D eigenvalue weighted by atomic mass is 10.2. The van der Waals surface area contributed by atoms with Crippen molar-refractivity contribution in [1.82, 2.24) is 4.90 Å². The van der Waals surface area contributed by atoms with Gasteiger partial charge in [-0.15, -0.1) is 6.58 Å². The summed E-state index contributed by atoms with van der Waals surface area (Å²) in [5, 5.41) is 0. The fourth-order valence-corrected chi connectivity index (χ4v) is 1.18. The second-order valence-corrected chi connectivity index (χ2v) is 2.97. The van der Waals surface area contributed by atoms with E-state index in [0.717, 1.165) is 13.1 Å². The molecule has 0 unspecified atom stereocenters. The number of rotatable bonds is 4. The average molecular weight is 161 g/mol. The second kappa shape index (κ2) is 4.73. The molecular weight excluding hydrogens is 146 g/mol. The molecule has 1 nitrogen and oxygen atoms in total. The zero-order chi connectivity index (χ0) is 8.81. The minimum absolute atomic E-state index is 0.939. The summed E-state index contributed by atoms with van der Waals surface area (Å²) < 4.78 is 0. The first-order chi connectivity index (χ1) is 5.83. The number of nitrogens with zero attached hydrogens (tertiary/aromatic N) is 1. The minimum atomic E-state index is 0.939. The average Bonchev–Trinajstić information content (AvgIpc) is 2.06. The third-order valence-electron chi connectivity index (χ3n) is 1.74. The van der Waals surface area contributed by atoms with Crippen molar-refractivity contribution < 1.29 is 0 Å². The Kier molecular flexibility index (Phi) is 3.55. The molecular formula is C11H15N. The van der Waals surface area contributed by atoms with Crippen molar-refractivity contribution in [3.63, 3.8) is 0 Å². The van der Waals surface area contributed by atoms with Crippen molar-refractivity contribution in [3.05, 3.63) is 48.6 Å². The highest BCUT2D eigenvalue weighted by Crippen LogP contribution is 2.01. The Morgan fingerprint density at radius 2 is 2.00 bits per heavy atom. The summed E-state index contributed by atoms with van der Waals surface area (Å²) >= 11 is 0. The molecule has 0 fully saturated rings. The molecule has 1 rings (SSSR count). The molecule has 0 radical (unpaired) electrons. The van der Waals surface area contributed by atoms with Crippen LogP contribution in [-0.4, -0.2) is 18.5 Å². The monoisotopic (exact) mass is 161 g/mol. The number of benzene rings is 1. The van der Waals surface area contributed by atoms with Crippen LogP contribution in [0.2, 0.25) is 0 Å². The molecule has 1 aromatic carbocycles. The summed E-state index contributed by atoms with van der Waals surface area (Å²) in [6.07, 6.45) is 1.92. The summed E-state index contributed by atoms with van der Waals surface area (Å²) in [6.45, 7) is 5.63. The molecule has 1 aromatic rings. The molecule has 1 heteroatoms. The Balaban J connectivity index is 2.46. The van der Waals surface area contributed by atoms with Gasteiger partial charge in [0.15, 0.2) is 0 Å². The van der Waals surface area contributed by atoms with E-state index in [0.29, 0.717) is 0 Å². The Morgan fingerprint density at radius 1 is 1.33 bits per heavy atom. The molecule has 0 atom stereocenters. The van der Waals surface area contributed by atoms with Gasteiger partial charge in [0, 0.05) is 13.1 Å². The predicted molar refractivity (Wildman–Crippen MR) is 53.0 cm³/mol. The quantitative estimate of drug-likeness (QED) is 0.612. The summed E-state index contributed by atoms with van der Waals surface area (Å²) in [4.78, 5) is 2.22. The molecule has 0 saturated carbocycles. The standard InChI is InChI=1S/C11H15N/c1-3-9-12(2)10-11-7-5-4-6-8-11/h3-8H,1,9-10H2,2H3.